The van der Waals surface area contributed by atoms with Crippen LogP contribution in [0, 0.1) is 0 Å². The highest BCUT2D eigenvalue weighted by Gasteiger charge is 2.28. The quantitative estimate of drug-likeness (QED) is 0.706. The van der Waals surface area contributed by atoms with Gasteiger partial charge in [-0.25, -0.2) is 0 Å². The molecule has 2 amide bonds. The summed E-state index contributed by atoms with van der Waals surface area (Å²) in [6.45, 7) is 0. The number of nitrogens with one attached hydrogen (secondary N) is 1. The van der Waals surface area contributed by atoms with Crippen LogP contribution >= 0.6 is 0 Å². The zero-order valence-electron chi connectivity index (χ0n) is 7.49. The van der Waals surface area contributed by atoms with Gasteiger partial charge >= 0.3 is 0 Å². The van der Waals surface area contributed by atoms with Crippen molar-refractivity contribution >= 4 is 11.8 Å². The highest BCUT2D eigenvalue weighted by Crippen LogP contribution is 2.26. The highest BCUT2D eigenvalue weighted by atomic mass is 16.2. The van der Waals surface area contributed by atoms with Gasteiger partial charge in [-0.2, -0.15) is 0 Å². The van der Waals surface area contributed by atoms with Crippen LogP contribution in [0.4, 0.5) is 0 Å². The van der Waals surface area contributed by atoms with Crippen LogP contribution in [0.1, 0.15) is 28.4 Å². The third kappa shape index (κ3) is 1.35. The van der Waals surface area contributed by atoms with Crippen LogP contribution in [-0.4, -0.2) is 11.8 Å². The van der Waals surface area contributed by atoms with E-state index in [0.29, 0.717) is 5.56 Å². The van der Waals surface area contributed by atoms with Gasteiger partial charge in [0, 0.05) is 5.56 Å². The maximum atomic E-state index is 11.4. The van der Waals surface area contributed by atoms with Crippen LogP contribution in [0.5, 0.6) is 0 Å². The van der Waals surface area contributed by atoms with Crippen LogP contribution in [0.3, 0.4) is 0 Å². The standard InChI is InChI=1S/C10H10N2O2/c11-9(13)5-8-6-3-1-2-4-7(6)10(14)12-8/h1-4,8H,5H2,(H2,11,13)(H,12,14). The summed E-state index contributed by atoms with van der Waals surface area (Å²) < 4.78 is 0. The highest BCUT2D eigenvalue weighted by molar-refractivity contribution is 5.99. The molecule has 72 valence electrons. The van der Waals surface area contributed by atoms with Crippen LogP contribution < -0.4 is 11.1 Å². The summed E-state index contributed by atoms with van der Waals surface area (Å²) in [6, 6.07) is 6.96. The molecule has 0 saturated heterocycles. The van der Waals surface area contributed by atoms with Gasteiger partial charge in [0.2, 0.25) is 5.91 Å². The predicted molar refractivity (Wildman–Crippen MR) is 50.5 cm³/mol. The molecule has 0 aliphatic carbocycles. The third-order valence-corrected chi connectivity index (χ3v) is 2.29. The Morgan fingerprint density at radius 2 is 2.14 bits per heavy atom. The lowest BCUT2D eigenvalue weighted by Gasteiger charge is -2.07. The summed E-state index contributed by atoms with van der Waals surface area (Å²) in [4.78, 5) is 22.1. The monoisotopic (exact) mass is 190 g/mol. The van der Waals surface area contributed by atoms with Crippen LogP contribution in [0.25, 0.3) is 0 Å². The Labute approximate surface area is 81.1 Å². The fourth-order valence-electron chi connectivity index (χ4n) is 1.68. The Morgan fingerprint density at radius 3 is 2.86 bits per heavy atom. The van der Waals surface area contributed by atoms with E-state index in [1.54, 1.807) is 12.1 Å². The lowest BCUT2D eigenvalue weighted by atomic mass is 10.0. The van der Waals surface area contributed by atoms with Gasteiger partial charge in [-0.15, -0.1) is 0 Å². The summed E-state index contributed by atoms with van der Waals surface area (Å²) in [5, 5.41) is 2.71. The Morgan fingerprint density at radius 1 is 1.43 bits per heavy atom. The molecule has 4 nitrogen and oxygen atoms in total. The average molecular weight is 190 g/mol. The number of fused-ring (bicyclic) bond motifs is 1. The molecule has 0 aromatic heterocycles. The van der Waals surface area contributed by atoms with Gasteiger partial charge in [0.05, 0.1) is 12.5 Å². The van der Waals surface area contributed by atoms with Gasteiger partial charge in [0.15, 0.2) is 0 Å². The van der Waals surface area contributed by atoms with Crippen molar-refractivity contribution in [3.05, 3.63) is 35.4 Å². The number of primary amides is 1. The van der Waals surface area contributed by atoms with E-state index in [9.17, 15) is 9.59 Å². The summed E-state index contributed by atoms with van der Waals surface area (Å²) in [5.41, 5.74) is 6.58. The molecule has 0 radical (unpaired) electrons. The third-order valence-electron chi connectivity index (χ3n) is 2.29. The second kappa shape index (κ2) is 3.14. The number of benzene rings is 1. The molecular weight excluding hydrogens is 180 g/mol. The van der Waals surface area contributed by atoms with E-state index < -0.39 is 5.91 Å². The molecule has 2 rings (SSSR count). The minimum atomic E-state index is -0.410. The SMILES string of the molecule is NC(=O)CC1NC(=O)c2ccccc21. The normalized spacial score (nSPS) is 18.9. The molecule has 1 unspecified atom stereocenters. The van der Waals surface area contributed by atoms with Gasteiger partial charge in [0.1, 0.15) is 0 Å². The molecule has 1 aromatic rings. The molecule has 0 spiro atoms. The number of carbonyl (C=O) groups excluding carboxylic acids is 2. The zero-order chi connectivity index (χ0) is 10.1. The number of nitrogens with two attached hydrogens (primary N) is 1. The van der Waals surface area contributed by atoms with Gasteiger partial charge in [-0.1, -0.05) is 18.2 Å². The smallest absolute Gasteiger partial charge is 0.252 e. The molecule has 1 atom stereocenters. The van der Waals surface area contributed by atoms with Crippen molar-refractivity contribution < 1.29 is 9.59 Å². The largest absolute Gasteiger partial charge is 0.370 e. The number of hydrogen-bond donors (Lipinski definition) is 2. The molecular formula is C10H10N2O2. The molecule has 4 heteroatoms. The van der Waals surface area contributed by atoms with Gasteiger partial charge in [-0.3, -0.25) is 9.59 Å². The van der Waals surface area contributed by atoms with E-state index in [2.05, 4.69) is 5.32 Å². The predicted octanol–water partition coefficient (Wildman–Crippen LogP) is 0.346. The van der Waals surface area contributed by atoms with Crippen molar-refractivity contribution in [3.8, 4) is 0 Å². The van der Waals surface area contributed by atoms with E-state index in [1.165, 1.54) is 0 Å². The molecule has 1 heterocycles. The van der Waals surface area contributed by atoms with E-state index >= 15 is 0 Å². The minimum absolute atomic E-state index is 0.133. The Balaban J connectivity index is 2.34. The molecule has 1 aromatic carbocycles. The Kier molecular flexibility index (Phi) is 1.96. The van der Waals surface area contributed by atoms with Gasteiger partial charge < -0.3 is 11.1 Å². The van der Waals surface area contributed by atoms with Gasteiger partial charge in [-0.05, 0) is 11.6 Å². The average Bonchev–Trinajstić information content (AvgIpc) is 2.44. The summed E-state index contributed by atoms with van der Waals surface area (Å²) in [7, 11) is 0. The molecule has 3 N–H and O–H groups in total. The van der Waals surface area contributed by atoms with Crippen molar-refractivity contribution in [2.24, 2.45) is 5.73 Å². The molecule has 1 aliphatic heterocycles. The van der Waals surface area contributed by atoms with E-state index in [0.717, 1.165) is 5.56 Å². The minimum Gasteiger partial charge on any atom is -0.370 e. The fourth-order valence-corrected chi connectivity index (χ4v) is 1.68. The van der Waals surface area contributed by atoms with Crippen molar-refractivity contribution in [1.82, 2.24) is 5.32 Å². The number of carbonyl (C=O) groups is 2. The maximum Gasteiger partial charge on any atom is 0.252 e. The molecule has 0 bridgehead atoms. The molecule has 0 fully saturated rings. The van der Waals surface area contributed by atoms with Crippen LogP contribution in [0.2, 0.25) is 0 Å². The maximum absolute atomic E-state index is 11.4. The second-order valence-electron chi connectivity index (χ2n) is 3.28. The van der Waals surface area contributed by atoms with Crippen LogP contribution in [-0.2, 0) is 4.79 Å². The number of amides is 2. The first-order valence-corrected chi connectivity index (χ1v) is 4.36. The first kappa shape index (κ1) is 8.74. The van der Waals surface area contributed by atoms with Crippen molar-refractivity contribution in [3.63, 3.8) is 0 Å². The topological polar surface area (TPSA) is 72.2 Å². The fraction of sp³-hybridized carbons (Fsp3) is 0.200. The van der Waals surface area contributed by atoms with E-state index in [-0.39, 0.29) is 18.4 Å². The van der Waals surface area contributed by atoms with Crippen molar-refractivity contribution in [2.45, 2.75) is 12.5 Å². The van der Waals surface area contributed by atoms with Crippen molar-refractivity contribution in [1.29, 1.82) is 0 Å². The summed E-state index contributed by atoms with van der Waals surface area (Å²) in [5.74, 6) is -0.543. The molecule has 14 heavy (non-hydrogen) atoms. The molecule has 1 aliphatic rings. The summed E-state index contributed by atoms with van der Waals surface area (Å²) >= 11 is 0. The Hall–Kier alpha value is -1.84. The number of rotatable bonds is 2. The second-order valence-corrected chi connectivity index (χ2v) is 3.28. The van der Waals surface area contributed by atoms with Crippen molar-refractivity contribution in [2.75, 3.05) is 0 Å². The lowest BCUT2D eigenvalue weighted by molar-refractivity contribution is -0.118. The van der Waals surface area contributed by atoms with E-state index in [4.69, 9.17) is 5.73 Å². The van der Waals surface area contributed by atoms with Crippen LogP contribution in [0.15, 0.2) is 24.3 Å². The first-order chi connectivity index (χ1) is 6.68. The lowest BCUT2D eigenvalue weighted by Crippen LogP contribution is -2.24. The van der Waals surface area contributed by atoms with E-state index in [1.807, 2.05) is 12.1 Å². The number of hydrogen-bond acceptors (Lipinski definition) is 2. The first-order valence-electron chi connectivity index (χ1n) is 4.36. The zero-order valence-corrected chi connectivity index (χ0v) is 7.49. The van der Waals surface area contributed by atoms with Gasteiger partial charge in [0.25, 0.3) is 5.91 Å². The Bertz CT molecular complexity index is 399. The summed E-state index contributed by atoms with van der Waals surface area (Å²) in [6.07, 6.45) is 0.156. The molecule has 0 saturated carbocycles.